The van der Waals surface area contributed by atoms with E-state index in [9.17, 15) is 0 Å². The third-order valence-electron chi connectivity index (χ3n) is 14.1. The number of para-hydroxylation sites is 2. The van der Waals surface area contributed by atoms with Crippen molar-refractivity contribution in [2.45, 2.75) is 44.6 Å². The summed E-state index contributed by atoms with van der Waals surface area (Å²) in [5.41, 5.74) is 20.8. The van der Waals surface area contributed by atoms with Gasteiger partial charge in [0.15, 0.2) is 0 Å². The van der Waals surface area contributed by atoms with Gasteiger partial charge >= 0.3 is 0 Å². The van der Waals surface area contributed by atoms with Gasteiger partial charge in [0.2, 0.25) is 0 Å². The van der Waals surface area contributed by atoms with Crippen molar-refractivity contribution >= 4 is 55.4 Å². The molecule has 0 saturated carbocycles. The minimum Gasteiger partial charge on any atom is -0.456 e. The van der Waals surface area contributed by atoms with Crippen LogP contribution in [-0.2, 0) is 10.8 Å². The summed E-state index contributed by atoms with van der Waals surface area (Å²) in [4.78, 5) is 5.33. The topological polar surface area (TPSA) is 50.7 Å². The third kappa shape index (κ3) is 4.98. The Morgan fingerprint density at radius 1 is 0.435 bits per heavy atom. The highest BCUT2D eigenvalue weighted by molar-refractivity contribution is 6.10. The van der Waals surface area contributed by atoms with Gasteiger partial charge in [-0.15, -0.1) is 0 Å². The van der Waals surface area contributed by atoms with Gasteiger partial charge in [0, 0.05) is 54.8 Å². The van der Waals surface area contributed by atoms with E-state index in [4.69, 9.17) is 13.8 Å². The first-order valence-corrected chi connectivity index (χ1v) is 21.6. The molecular formula is C58H42N2O2. The van der Waals surface area contributed by atoms with E-state index >= 15 is 0 Å². The summed E-state index contributed by atoms with van der Waals surface area (Å²) in [7, 11) is 0. The van der Waals surface area contributed by atoms with Gasteiger partial charge in [0.05, 0.1) is 0 Å². The highest BCUT2D eigenvalue weighted by Gasteiger charge is 2.41. The molecule has 62 heavy (non-hydrogen) atoms. The molecule has 3 aliphatic rings. The summed E-state index contributed by atoms with van der Waals surface area (Å²) in [5.74, 6) is 0.813. The highest BCUT2D eigenvalue weighted by atomic mass is 16.3. The minimum atomic E-state index is -0.295. The lowest BCUT2D eigenvalue weighted by molar-refractivity contribution is 0.652. The van der Waals surface area contributed by atoms with Crippen LogP contribution in [0, 0.1) is 0 Å². The molecule has 8 aromatic carbocycles. The average molecular weight is 799 g/mol. The number of amidine groups is 1. The van der Waals surface area contributed by atoms with E-state index < -0.39 is 0 Å². The summed E-state index contributed by atoms with van der Waals surface area (Å²) < 4.78 is 13.1. The van der Waals surface area contributed by atoms with Crippen LogP contribution in [-0.4, -0.2) is 5.84 Å². The fourth-order valence-corrected chi connectivity index (χ4v) is 10.9. The molecule has 0 fully saturated rings. The highest BCUT2D eigenvalue weighted by Crippen LogP contribution is 2.56. The largest absolute Gasteiger partial charge is 0.456 e. The third-order valence-corrected chi connectivity index (χ3v) is 14.1. The summed E-state index contributed by atoms with van der Waals surface area (Å²) in [6.07, 6.45) is 2.21. The van der Waals surface area contributed by atoms with E-state index in [1.807, 2.05) is 18.2 Å². The summed E-state index contributed by atoms with van der Waals surface area (Å²) in [6, 6.07) is 58.8. The number of hydrogen-bond donors (Lipinski definition) is 1. The number of benzene rings is 8. The van der Waals surface area contributed by atoms with Crippen LogP contribution in [0.5, 0.6) is 0 Å². The molecule has 2 aromatic heterocycles. The van der Waals surface area contributed by atoms with Crippen LogP contribution >= 0.6 is 0 Å². The predicted octanol–water partition coefficient (Wildman–Crippen LogP) is 14.9. The first kappa shape index (κ1) is 35.3. The fraction of sp³-hybridized carbons (Fsp3) is 0.121. The Labute approximate surface area is 359 Å². The normalized spacial score (nSPS) is 16.8. The van der Waals surface area contributed by atoms with Crippen molar-refractivity contribution in [2.75, 3.05) is 0 Å². The van der Waals surface area contributed by atoms with Gasteiger partial charge in [0.25, 0.3) is 0 Å². The van der Waals surface area contributed by atoms with Crippen LogP contribution < -0.4 is 5.32 Å². The predicted molar refractivity (Wildman–Crippen MR) is 255 cm³/mol. The second-order valence-electron chi connectivity index (χ2n) is 18.3. The lowest BCUT2D eigenvalue weighted by atomic mass is 9.79. The Morgan fingerprint density at radius 2 is 1.08 bits per heavy atom. The maximum Gasteiger partial charge on any atom is 0.141 e. The molecule has 0 bridgehead atoms. The molecule has 3 heterocycles. The van der Waals surface area contributed by atoms with Crippen LogP contribution in [0.3, 0.4) is 0 Å². The van der Waals surface area contributed by atoms with Gasteiger partial charge < -0.3 is 14.2 Å². The second-order valence-corrected chi connectivity index (χ2v) is 18.3. The molecular weight excluding hydrogens is 757 g/mol. The van der Waals surface area contributed by atoms with Gasteiger partial charge in [-0.2, -0.15) is 0 Å². The number of aliphatic imine (C=N–C) groups is 1. The Kier molecular flexibility index (Phi) is 7.16. The Balaban J connectivity index is 0.911. The monoisotopic (exact) mass is 798 g/mol. The lowest BCUT2D eigenvalue weighted by Crippen LogP contribution is -2.27. The van der Waals surface area contributed by atoms with E-state index in [1.54, 1.807) is 0 Å². The molecule has 1 atom stereocenters. The summed E-state index contributed by atoms with van der Waals surface area (Å²) >= 11 is 0. The zero-order chi connectivity index (χ0) is 41.5. The summed E-state index contributed by atoms with van der Waals surface area (Å²) in [6.45, 7) is 9.50. The van der Waals surface area contributed by atoms with Gasteiger partial charge in [0.1, 0.15) is 34.2 Å². The molecule has 4 heteroatoms. The molecule has 4 nitrogen and oxygen atoms in total. The van der Waals surface area contributed by atoms with Gasteiger partial charge in [-0.1, -0.05) is 143 Å². The number of furan rings is 2. The van der Waals surface area contributed by atoms with Gasteiger partial charge in [-0.25, -0.2) is 0 Å². The number of nitrogens with zero attached hydrogens (tertiary/aromatic N) is 1. The SMILES string of the molecule is CC1(C)c2ccccc2-c2cc3c(cc21)-c1cc(-c2ccc4oc5c(C6C=C(c7ccc8c(c7)oc7ccccc78)NC(c7ccccc7)=N6)cccc5c4c2)ccc1C3(C)C. The fourth-order valence-electron chi connectivity index (χ4n) is 10.9. The number of rotatable bonds is 4. The maximum absolute atomic E-state index is 6.80. The van der Waals surface area contributed by atoms with Crippen LogP contribution in [0.1, 0.15) is 72.7 Å². The number of fused-ring (bicyclic) bond motifs is 12. The molecule has 1 N–H and O–H groups in total. The van der Waals surface area contributed by atoms with Crippen molar-refractivity contribution in [3.63, 3.8) is 0 Å². The number of nitrogens with one attached hydrogen (secondary N) is 1. The molecule has 1 unspecified atom stereocenters. The zero-order valence-electron chi connectivity index (χ0n) is 35.0. The van der Waals surface area contributed by atoms with E-state index in [0.29, 0.717) is 0 Å². The van der Waals surface area contributed by atoms with Crippen LogP contribution in [0.2, 0.25) is 0 Å². The Hall–Kier alpha value is -7.43. The van der Waals surface area contributed by atoms with E-state index in [2.05, 4.69) is 185 Å². The molecule has 296 valence electrons. The van der Waals surface area contributed by atoms with Crippen molar-refractivity contribution < 1.29 is 8.83 Å². The van der Waals surface area contributed by atoms with Crippen molar-refractivity contribution in [1.82, 2.24) is 5.32 Å². The van der Waals surface area contributed by atoms with Crippen LogP contribution in [0.15, 0.2) is 184 Å². The first-order valence-electron chi connectivity index (χ1n) is 21.6. The molecule has 0 spiro atoms. The minimum absolute atomic E-state index is 0.0542. The second kappa shape index (κ2) is 12.6. The molecule has 0 saturated heterocycles. The molecule has 13 rings (SSSR count). The van der Waals surface area contributed by atoms with E-state index in [-0.39, 0.29) is 16.9 Å². The van der Waals surface area contributed by atoms with Crippen molar-refractivity contribution in [2.24, 2.45) is 4.99 Å². The molecule has 0 amide bonds. The van der Waals surface area contributed by atoms with Crippen molar-refractivity contribution in [3.8, 4) is 33.4 Å². The Morgan fingerprint density at radius 3 is 1.94 bits per heavy atom. The van der Waals surface area contributed by atoms with E-state index in [1.165, 1.54) is 55.6 Å². The lowest BCUT2D eigenvalue weighted by Gasteiger charge is -2.24. The van der Waals surface area contributed by atoms with Crippen LogP contribution in [0.25, 0.3) is 83.0 Å². The number of hydrogen-bond acceptors (Lipinski definition) is 4. The Bertz CT molecular complexity index is 3610. The zero-order valence-corrected chi connectivity index (χ0v) is 35.0. The quantitative estimate of drug-likeness (QED) is 0.193. The average Bonchev–Trinajstić information content (AvgIpc) is 4.00. The first-order chi connectivity index (χ1) is 30.2. The van der Waals surface area contributed by atoms with Crippen molar-refractivity contribution in [1.29, 1.82) is 0 Å². The van der Waals surface area contributed by atoms with Crippen LogP contribution in [0.4, 0.5) is 0 Å². The molecule has 2 aliphatic carbocycles. The van der Waals surface area contributed by atoms with Gasteiger partial charge in [-0.05, 0) is 110 Å². The smallest absolute Gasteiger partial charge is 0.141 e. The molecule has 1 aliphatic heterocycles. The van der Waals surface area contributed by atoms with E-state index in [0.717, 1.165) is 72.1 Å². The van der Waals surface area contributed by atoms with Gasteiger partial charge in [-0.3, -0.25) is 4.99 Å². The molecule has 0 radical (unpaired) electrons. The summed E-state index contributed by atoms with van der Waals surface area (Å²) in [5, 5.41) is 8.07. The van der Waals surface area contributed by atoms with Crippen molar-refractivity contribution in [3.05, 3.63) is 209 Å². The standard InChI is InChI=1S/C58H42N2O2/c1-57(2)46-19-10-8-15-37(46)43-30-49-44(31-48(43)57)42-27-34(22-25-47(42)58(49,3)4)35-23-26-53-45(28-35)40-17-12-18-41(55(40)62-53)51-32-50(59-56(60-51)33-13-6-5-7-14-33)36-21-24-39-38-16-9-11-20-52(38)61-54(39)29-36/h5-32,51H,1-4H3,(H,59,60). The molecule has 10 aromatic rings. The maximum atomic E-state index is 6.80.